The summed E-state index contributed by atoms with van der Waals surface area (Å²) < 4.78 is 0. The summed E-state index contributed by atoms with van der Waals surface area (Å²) in [6, 6.07) is 0. The van der Waals surface area contributed by atoms with Crippen LogP contribution in [-0.4, -0.2) is 10.7 Å². The van der Waals surface area contributed by atoms with Crippen LogP contribution in [0.2, 0.25) is 0 Å². The maximum absolute atomic E-state index is 3.67. The summed E-state index contributed by atoms with van der Waals surface area (Å²) in [5.74, 6) is 0. The molecule has 2 heteroatoms. The van der Waals surface area contributed by atoms with Gasteiger partial charge in [-0.1, -0.05) is 97.1 Å². The predicted octanol–water partition coefficient (Wildman–Crippen LogP) is 6.70. The number of rotatable bonds is 12. The molecule has 0 unspecified atom stereocenters. The molecule has 0 aromatic heterocycles. The Morgan fingerprint density at radius 1 is 0.706 bits per heavy atom. The highest BCUT2D eigenvalue weighted by Gasteiger charge is 2.24. The van der Waals surface area contributed by atoms with E-state index in [1.807, 2.05) is 0 Å². The lowest BCUT2D eigenvalue weighted by Gasteiger charge is -2.28. The Kier molecular flexibility index (Phi) is 12.7. The molecular formula is C15H30Br2. The largest absolute Gasteiger partial charge is 0.0922 e. The zero-order chi connectivity index (χ0) is 13.0. The third-order valence-electron chi connectivity index (χ3n) is 3.88. The second kappa shape index (κ2) is 12.0. The Labute approximate surface area is 126 Å². The Balaban J connectivity index is 3.43. The van der Waals surface area contributed by atoms with E-state index in [2.05, 4.69) is 45.7 Å². The minimum Gasteiger partial charge on any atom is -0.0922 e. The first kappa shape index (κ1) is 18.0. The van der Waals surface area contributed by atoms with Crippen molar-refractivity contribution in [1.82, 2.24) is 0 Å². The molecule has 0 rings (SSSR count). The molecule has 0 fully saturated rings. The van der Waals surface area contributed by atoms with Crippen LogP contribution in [0.25, 0.3) is 0 Å². The molecule has 0 aromatic carbocycles. The first-order valence-corrected chi connectivity index (χ1v) is 9.61. The summed E-state index contributed by atoms with van der Waals surface area (Å²) >= 11 is 7.35. The maximum Gasteiger partial charge on any atom is 0.00958 e. The highest BCUT2D eigenvalue weighted by atomic mass is 79.9. The van der Waals surface area contributed by atoms with Gasteiger partial charge in [-0.05, 0) is 18.3 Å². The van der Waals surface area contributed by atoms with E-state index in [-0.39, 0.29) is 0 Å². The smallest absolute Gasteiger partial charge is 0.00958 e. The first-order chi connectivity index (χ1) is 8.24. The zero-order valence-electron chi connectivity index (χ0n) is 11.7. The van der Waals surface area contributed by atoms with Crippen LogP contribution in [0.1, 0.15) is 78.1 Å². The highest BCUT2D eigenvalue weighted by Crippen LogP contribution is 2.33. The first-order valence-electron chi connectivity index (χ1n) is 7.36. The van der Waals surface area contributed by atoms with E-state index >= 15 is 0 Å². The fourth-order valence-corrected chi connectivity index (χ4v) is 4.45. The van der Waals surface area contributed by atoms with Crippen LogP contribution >= 0.6 is 31.9 Å². The number of alkyl halides is 2. The summed E-state index contributed by atoms with van der Waals surface area (Å²) in [4.78, 5) is 0. The molecule has 0 spiro atoms. The molecule has 0 atom stereocenters. The molecule has 17 heavy (non-hydrogen) atoms. The van der Waals surface area contributed by atoms with Gasteiger partial charge < -0.3 is 0 Å². The van der Waals surface area contributed by atoms with Gasteiger partial charge in [0.25, 0.3) is 0 Å². The van der Waals surface area contributed by atoms with Crippen LogP contribution in [0, 0.1) is 5.41 Å². The molecule has 0 aliphatic carbocycles. The molecular weight excluding hydrogens is 340 g/mol. The highest BCUT2D eigenvalue weighted by molar-refractivity contribution is 9.09. The molecule has 0 N–H and O–H groups in total. The summed E-state index contributed by atoms with van der Waals surface area (Å²) in [5.41, 5.74) is 0.502. The number of hydrogen-bond acceptors (Lipinski definition) is 0. The lowest BCUT2D eigenvalue weighted by molar-refractivity contribution is 0.328. The van der Waals surface area contributed by atoms with Gasteiger partial charge >= 0.3 is 0 Å². The van der Waals surface area contributed by atoms with Crippen LogP contribution < -0.4 is 0 Å². The van der Waals surface area contributed by atoms with Gasteiger partial charge in [0.1, 0.15) is 0 Å². The molecule has 0 heterocycles. The summed E-state index contributed by atoms with van der Waals surface area (Å²) in [6.07, 6.45) is 14.0. The monoisotopic (exact) mass is 368 g/mol. The fraction of sp³-hybridized carbons (Fsp3) is 1.00. The lowest BCUT2D eigenvalue weighted by Crippen LogP contribution is -2.23. The minimum absolute atomic E-state index is 0.502. The van der Waals surface area contributed by atoms with Crippen molar-refractivity contribution in [3.8, 4) is 0 Å². The van der Waals surface area contributed by atoms with E-state index in [0.717, 1.165) is 10.7 Å². The average molecular weight is 370 g/mol. The fourth-order valence-electron chi connectivity index (χ4n) is 2.17. The maximum atomic E-state index is 3.67. The predicted molar refractivity (Wildman–Crippen MR) is 87.5 cm³/mol. The van der Waals surface area contributed by atoms with Crippen LogP contribution in [0.5, 0.6) is 0 Å². The average Bonchev–Trinajstić information content (AvgIpc) is 2.38. The van der Waals surface area contributed by atoms with Crippen molar-refractivity contribution in [2.24, 2.45) is 5.41 Å². The van der Waals surface area contributed by atoms with Gasteiger partial charge in [-0.25, -0.2) is 0 Å². The molecule has 0 aliphatic rings. The van der Waals surface area contributed by atoms with Crippen LogP contribution in [0.4, 0.5) is 0 Å². The van der Waals surface area contributed by atoms with Crippen LogP contribution in [0.3, 0.4) is 0 Å². The quantitative estimate of drug-likeness (QED) is 0.265. The number of unbranched alkanes of at least 4 members (excludes halogenated alkanes) is 7. The van der Waals surface area contributed by atoms with Gasteiger partial charge in [-0.2, -0.15) is 0 Å². The molecule has 0 radical (unpaired) electrons. The lowest BCUT2D eigenvalue weighted by atomic mass is 9.84. The van der Waals surface area contributed by atoms with Crippen molar-refractivity contribution >= 4 is 31.9 Å². The molecule has 0 bridgehead atoms. The number of hydrogen-bond donors (Lipinski definition) is 0. The number of halogens is 2. The van der Waals surface area contributed by atoms with Crippen LogP contribution in [0.15, 0.2) is 0 Å². The molecule has 104 valence electrons. The standard InChI is InChI=1S/C15H30Br2/c1-3-5-6-7-8-9-10-11-12-15(4-2,13-16)14-17/h3-14H2,1-2H3. The topological polar surface area (TPSA) is 0 Å². The van der Waals surface area contributed by atoms with Gasteiger partial charge in [0.2, 0.25) is 0 Å². The third-order valence-corrected chi connectivity index (χ3v) is 6.26. The van der Waals surface area contributed by atoms with Crippen molar-refractivity contribution in [2.45, 2.75) is 78.1 Å². The zero-order valence-corrected chi connectivity index (χ0v) is 14.9. The molecule has 0 aliphatic heterocycles. The van der Waals surface area contributed by atoms with Gasteiger partial charge in [0, 0.05) is 10.7 Å². The van der Waals surface area contributed by atoms with Crippen molar-refractivity contribution in [3.63, 3.8) is 0 Å². The Bertz CT molecular complexity index is 145. The minimum atomic E-state index is 0.502. The van der Waals surface area contributed by atoms with E-state index in [0.29, 0.717) is 5.41 Å². The van der Waals surface area contributed by atoms with Crippen molar-refractivity contribution in [2.75, 3.05) is 10.7 Å². The van der Waals surface area contributed by atoms with Gasteiger partial charge in [-0.3, -0.25) is 0 Å². The van der Waals surface area contributed by atoms with Crippen molar-refractivity contribution in [3.05, 3.63) is 0 Å². The van der Waals surface area contributed by atoms with E-state index in [4.69, 9.17) is 0 Å². The molecule has 0 nitrogen and oxygen atoms in total. The van der Waals surface area contributed by atoms with Gasteiger partial charge in [0.05, 0.1) is 0 Å². The van der Waals surface area contributed by atoms with E-state index in [1.54, 1.807) is 0 Å². The van der Waals surface area contributed by atoms with Gasteiger partial charge in [0.15, 0.2) is 0 Å². The summed E-state index contributed by atoms with van der Waals surface area (Å²) in [7, 11) is 0. The Hall–Kier alpha value is 0.960. The molecule has 0 saturated carbocycles. The van der Waals surface area contributed by atoms with E-state index in [9.17, 15) is 0 Å². The summed E-state index contributed by atoms with van der Waals surface area (Å²) in [5, 5.41) is 2.27. The van der Waals surface area contributed by atoms with Gasteiger partial charge in [-0.15, -0.1) is 0 Å². The summed E-state index contributed by atoms with van der Waals surface area (Å²) in [6.45, 7) is 4.60. The van der Waals surface area contributed by atoms with E-state index < -0.39 is 0 Å². The molecule has 0 saturated heterocycles. The normalized spacial score (nSPS) is 12.0. The molecule has 0 amide bonds. The van der Waals surface area contributed by atoms with Crippen molar-refractivity contribution < 1.29 is 0 Å². The van der Waals surface area contributed by atoms with Crippen LogP contribution in [-0.2, 0) is 0 Å². The second-order valence-electron chi connectivity index (χ2n) is 5.35. The third kappa shape index (κ3) is 8.64. The second-order valence-corrected chi connectivity index (χ2v) is 6.47. The van der Waals surface area contributed by atoms with E-state index in [1.165, 1.54) is 64.2 Å². The Morgan fingerprint density at radius 3 is 1.59 bits per heavy atom. The van der Waals surface area contributed by atoms with Crippen molar-refractivity contribution in [1.29, 1.82) is 0 Å². The Morgan fingerprint density at radius 2 is 1.18 bits per heavy atom. The molecule has 0 aromatic rings. The SMILES string of the molecule is CCCCCCCCCCC(CC)(CBr)CBr.